The number of ketones is 1. The number of nitro benzene ring substituents is 1. The second-order valence-electron chi connectivity index (χ2n) is 9.44. The Morgan fingerprint density at radius 2 is 1.38 bits per heavy atom. The van der Waals surface area contributed by atoms with Crippen molar-refractivity contribution in [3.05, 3.63) is 147 Å². The molecule has 0 atom stereocenters. The maximum Gasteiger partial charge on any atom is 0.272 e. The molecule has 0 aromatic heterocycles. The molecule has 0 radical (unpaired) electrons. The number of non-ortho nitro benzene ring substituents is 1. The number of amides is 2. The summed E-state index contributed by atoms with van der Waals surface area (Å²) in [6.45, 7) is 0. The first-order chi connectivity index (χ1) is 20.2. The third-order valence-corrected chi connectivity index (χ3v) is 6.21. The molecule has 9 nitrogen and oxygen atoms in total. The topological polar surface area (TPSA) is 122 Å². The van der Waals surface area contributed by atoms with Crippen LogP contribution in [0.4, 0.5) is 17.1 Å². The van der Waals surface area contributed by atoms with E-state index in [9.17, 15) is 24.5 Å². The zero-order chi connectivity index (χ0) is 30.1. The molecule has 0 aliphatic carbocycles. The minimum atomic E-state index is -0.613. The molecule has 4 aromatic rings. The van der Waals surface area contributed by atoms with Gasteiger partial charge in [-0.05, 0) is 83.9 Å². The molecule has 210 valence electrons. The number of benzene rings is 4. The summed E-state index contributed by atoms with van der Waals surface area (Å²) in [5.74, 6) is -1.31. The average molecular weight is 561 g/mol. The van der Waals surface area contributed by atoms with Gasteiger partial charge in [-0.15, -0.1) is 0 Å². The Morgan fingerprint density at radius 1 is 0.762 bits per heavy atom. The summed E-state index contributed by atoms with van der Waals surface area (Å²) in [6, 6.07) is 28.1. The van der Waals surface area contributed by atoms with E-state index in [0.29, 0.717) is 22.4 Å². The Kier molecular flexibility index (Phi) is 9.37. The largest absolute Gasteiger partial charge is 0.378 e. The van der Waals surface area contributed by atoms with E-state index in [1.165, 1.54) is 36.4 Å². The predicted octanol–water partition coefficient (Wildman–Crippen LogP) is 5.97. The first-order valence-corrected chi connectivity index (χ1v) is 12.9. The molecule has 0 fully saturated rings. The van der Waals surface area contributed by atoms with Crippen molar-refractivity contribution in [2.75, 3.05) is 24.3 Å². The second kappa shape index (κ2) is 13.5. The van der Waals surface area contributed by atoms with E-state index in [1.54, 1.807) is 60.7 Å². The quantitative estimate of drug-likeness (QED) is 0.107. The van der Waals surface area contributed by atoms with Gasteiger partial charge >= 0.3 is 0 Å². The van der Waals surface area contributed by atoms with Gasteiger partial charge in [0.2, 0.25) is 0 Å². The van der Waals surface area contributed by atoms with Gasteiger partial charge in [0.15, 0.2) is 5.78 Å². The molecule has 9 heteroatoms. The van der Waals surface area contributed by atoms with Gasteiger partial charge in [-0.3, -0.25) is 24.5 Å². The number of allylic oxidation sites excluding steroid dienone is 1. The van der Waals surface area contributed by atoms with Crippen molar-refractivity contribution in [2.45, 2.75) is 0 Å². The fraction of sp³-hybridized carbons (Fsp3) is 0.0606. The number of nitro groups is 1. The summed E-state index contributed by atoms with van der Waals surface area (Å²) in [6.07, 6.45) is 4.65. The molecule has 4 rings (SSSR count). The molecule has 2 amide bonds. The van der Waals surface area contributed by atoms with Crippen LogP contribution in [0, 0.1) is 10.1 Å². The SMILES string of the molecule is CN(C)c1ccc(/C=C/C(=O)c2ccc(NC(=O)/C(=C/c3ccc([N+](=O)[O-])cc3)NC(=O)c3ccccc3)cc2)cc1. The summed E-state index contributed by atoms with van der Waals surface area (Å²) < 4.78 is 0. The van der Waals surface area contributed by atoms with Crippen LogP contribution in [0.1, 0.15) is 31.8 Å². The van der Waals surface area contributed by atoms with Crippen LogP contribution in [0.5, 0.6) is 0 Å². The number of rotatable bonds is 10. The molecular weight excluding hydrogens is 532 g/mol. The van der Waals surface area contributed by atoms with E-state index >= 15 is 0 Å². The van der Waals surface area contributed by atoms with Gasteiger partial charge < -0.3 is 15.5 Å². The molecule has 0 bridgehead atoms. The van der Waals surface area contributed by atoms with Crippen LogP contribution < -0.4 is 15.5 Å². The molecule has 42 heavy (non-hydrogen) atoms. The van der Waals surface area contributed by atoms with Crippen molar-refractivity contribution in [1.82, 2.24) is 5.32 Å². The van der Waals surface area contributed by atoms with Crippen LogP contribution in [0.25, 0.3) is 12.2 Å². The first kappa shape index (κ1) is 29.2. The molecule has 0 aliphatic rings. The van der Waals surface area contributed by atoms with Crippen LogP contribution in [0.3, 0.4) is 0 Å². The lowest BCUT2D eigenvalue weighted by atomic mass is 10.1. The molecule has 2 N–H and O–H groups in total. The number of carbonyl (C=O) groups is 3. The van der Waals surface area contributed by atoms with Gasteiger partial charge in [0.1, 0.15) is 5.70 Å². The average Bonchev–Trinajstić information content (AvgIpc) is 3.00. The highest BCUT2D eigenvalue weighted by Crippen LogP contribution is 2.17. The van der Waals surface area contributed by atoms with Gasteiger partial charge in [0.25, 0.3) is 17.5 Å². The molecular formula is C33H28N4O5. The lowest BCUT2D eigenvalue weighted by Gasteiger charge is -2.12. The number of nitrogens with zero attached hydrogens (tertiary/aromatic N) is 2. The predicted molar refractivity (Wildman–Crippen MR) is 164 cm³/mol. The summed E-state index contributed by atoms with van der Waals surface area (Å²) >= 11 is 0. The van der Waals surface area contributed by atoms with E-state index in [1.807, 2.05) is 43.3 Å². The Balaban J connectivity index is 1.48. The molecule has 0 aliphatic heterocycles. The smallest absolute Gasteiger partial charge is 0.272 e. The minimum absolute atomic E-state index is 0.0684. The molecule has 0 saturated heterocycles. The van der Waals surface area contributed by atoms with Crippen LogP contribution in [0.15, 0.2) is 115 Å². The highest BCUT2D eigenvalue weighted by atomic mass is 16.6. The Bertz CT molecular complexity index is 1640. The van der Waals surface area contributed by atoms with Crippen molar-refractivity contribution in [3.8, 4) is 0 Å². The van der Waals surface area contributed by atoms with Crippen LogP contribution in [-0.2, 0) is 4.79 Å². The van der Waals surface area contributed by atoms with E-state index in [0.717, 1.165) is 11.3 Å². The maximum atomic E-state index is 13.2. The van der Waals surface area contributed by atoms with Crippen molar-refractivity contribution in [3.63, 3.8) is 0 Å². The van der Waals surface area contributed by atoms with Crippen molar-refractivity contribution < 1.29 is 19.3 Å². The van der Waals surface area contributed by atoms with Gasteiger partial charge in [-0.1, -0.05) is 36.4 Å². The van der Waals surface area contributed by atoms with Gasteiger partial charge in [0, 0.05) is 48.7 Å². The Morgan fingerprint density at radius 3 is 1.98 bits per heavy atom. The Labute approximate surface area is 243 Å². The molecule has 0 heterocycles. The van der Waals surface area contributed by atoms with Crippen molar-refractivity contribution in [2.24, 2.45) is 0 Å². The van der Waals surface area contributed by atoms with Crippen molar-refractivity contribution in [1.29, 1.82) is 0 Å². The highest BCUT2D eigenvalue weighted by Gasteiger charge is 2.16. The number of anilines is 2. The third-order valence-electron chi connectivity index (χ3n) is 6.21. The van der Waals surface area contributed by atoms with E-state index in [4.69, 9.17) is 0 Å². The number of hydrogen-bond acceptors (Lipinski definition) is 6. The zero-order valence-corrected chi connectivity index (χ0v) is 23.0. The second-order valence-corrected chi connectivity index (χ2v) is 9.44. The van der Waals surface area contributed by atoms with Crippen molar-refractivity contribution >= 4 is 46.8 Å². The summed E-state index contributed by atoms with van der Waals surface area (Å²) in [5, 5.41) is 16.3. The van der Waals surface area contributed by atoms with Crippen LogP contribution in [-0.4, -0.2) is 36.6 Å². The van der Waals surface area contributed by atoms with Crippen LogP contribution >= 0.6 is 0 Å². The third kappa shape index (κ3) is 7.86. The summed E-state index contributed by atoms with van der Waals surface area (Å²) in [7, 11) is 3.91. The lowest BCUT2D eigenvalue weighted by Crippen LogP contribution is -2.30. The minimum Gasteiger partial charge on any atom is -0.378 e. The molecule has 0 spiro atoms. The van der Waals surface area contributed by atoms with E-state index in [2.05, 4.69) is 10.6 Å². The fourth-order valence-electron chi connectivity index (χ4n) is 3.87. The molecule has 0 unspecified atom stereocenters. The number of nitrogens with one attached hydrogen (secondary N) is 2. The van der Waals surface area contributed by atoms with Gasteiger partial charge in [-0.25, -0.2) is 0 Å². The highest BCUT2D eigenvalue weighted by molar-refractivity contribution is 6.11. The lowest BCUT2D eigenvalue weighted by molar-refractivity contribution is -0.384. The van der Waals surface area contributed by atoms with Gasteiger partial charge in [0.05, 0.1) is 4.92 Å². The van der Waals surface area contributed by atoms with Gasteiger partial charge in [-0.2, -0.15) is 0 Å². The van der Waals surface area contributed by atoms with E-state index < -0.39 is 16.7 Å². The van der Waals surface area contributed by atoms with Crippen LogP contribution in [0.2, 0.25) is 0 Å². The maximum absolute atomic E-state index is 13.2. The summed E-state index contributed by atoms with van der Waals surface area (Å²) in [5.41, 5.74) is 3.45. The number of hydrogen-bond donors (Lipinski definition) is 2. The zero-order valence-electron chi connectivity index (χ0n) is 23.0. The number of carbonyl (C=O) groups excluding carboxylic acids is 3. The fourth-order valence-corrected chi connectivity index (χ4v) is 3.87. The molecule has 4 aromatic carbocycles. The molecule has 0 saturated carbocycles. The monoisotopic (exact) mass is 560 g/mol. The Hall–Kier alpha value is -5.83. The standard InChI is InChI=1S/C33H28N4O5/c1-36(2)28-17-8-23(9-18-28)12-21-31(38)25-13-15-27(16-14-25)34-33(40)30(35-32(39)26-6-4-3-5-7-26)22-24-10-19-29(20-11-24)37(41)42/h3-22H,1-2H3,(H,34,40)(H,35,39)/b21-12+,30-22-. The normalized spacial score (nSPS) is 11.1. The first-order valence-electron chi connectivity index (χ1n) is 12.9. The van der Waals surface area contributed by atoms with E-state index in [-0.39, 0.29) is 17.2 Å². The summed E-state index contributed by atoms with van der Waals surface area (Å²) in [4.78, 5) is 51.2.